The molecule has 0 aliphatic rings. The average molecular weight is 328 g/mol. The molecule has 1 amide bonds. The van der Waals surface area contributed by atoms with Crippen molar-refractivity contribution in [2.45, 2.75) is 51.7 Å². The van der Waals surface area contributed by atoms with E-state index < -0.39 is 30.7 Å². The molecule has 0 aliphatic heterocycles. The zero-order valence-corrected chi connectivity index (χ0v) is 14.2. The van der Waals surface area contributed by atoms with Crippen LogP contribution in [0.2, 0.25) is 0 Å². The first-order valence-corrected chi connectivity index (χ1v) is 7.69. The molecule has 0 radical (unpaired) electrons. The fraction of sp³-hybridized carbons (Fsp3) is 0.588. The zero-order chi connectivity index (χ0) is 17.5. The minimum absolute atomic E-state index is 0.0928. The molecular formula is C17H26F2N2O2. The van der Waals surface area contributed by atoms with E-state index in [2.05, 4.69) is 10.6 Å². The summed E-state index contributed by atoms with van der Waals surface area (Å²) in [4.78, 5) is 11.4. The van der Waals surface area contributed by atoms with Crippen LogP contribution in [-0.4, -0.2) is 36.7 Å². The second-order valence-electron chi connectivity index (χ2n) is 6.68. The Morgan fingerprint density at radius 3 is 2.35 bits per heavy atom. The monoisotopic (exact) mass is 328 g/mol. The van der Waals surface area contributed by atoms with Gasteiger partial charge in [0.2, 0.25) is 0 Å². The summed E-state index contributed by atoms with van der Waals surface area (Å²) in [6, 6.07) is 9.58. The van der Waals surface area contributed by atoms with Crippen molar-refractivity contribution in [3.05, 3.63) is 35.9 Å². The maximum absolute atomic E-state index is 13.8. The summed E-state index contributed by atoms with van der Waals surface area (Å²) in [6.45, 7) is 5.63. The molecule has 130 valence electrons. The largest absolute Gasteiger partial charge is 0.444 e. The van der Waals surface area contributed by atoms with Gasteiger partial charge in [0.1, 0.15) is 5.60 Å². The van der Waals surface area contributed by atoms with Gasteiger partial charge in [0.15, 0.2) is 0 Å². The van der Waals surface area contributed by atoms with E-state index >= 15 is 0 Å². The number of benzene rings is 1. The molecule has 0 aliphatic carbocycles. The van der Waals surface area contributed by atoms with Crippen LogP contribution in [0.25, 0.3) is 0 Å². The van der Waals surface area contributed by atoms with Crippen molar-refractivity contribution in [3.8, 4) is 0 Å². The van der Waals surface area contributed by atoms with Crippen LogP contribution in [0.15, 0.2) is 30.3 Å². The van der Waals surface area contributed by atoms with Crippen molar-refractivity contribution in [1.82, 2.24) is 10.6 Å². The molecule has 0 fully saturated rings. The Bertz CT molecular complexity index is 487. The van der Waals surface area contributed by atoms with Gasteiger partial charge in [0.25, 0.3) is 5.92 Å². The first kappa shape index (κ1) is 19.4. The Kier molecular flexibility index (Phi) is 6.94. The first-order chi connectivity index (χ1) is 10.6. The predicted octanol–water partition coefficient (Wildman–Crippen LogP) is 3.37. The highest BCUT2D eigenvalue weighted by molar-refractivity contribution is 5.67. The molecule has 0 bridgehead atoms. The van der Waals surface area contributed by atoms with Gasteiger partial charge in [-0.05, 0) is 39.7 Å². The number of carbonyl (C=O) groups is 1. The van der Waals surface area contributed by atoms with Gasteiger partial charge >= 0.3 is 6.09 Å². The molecule has 1 rings (SSSR count). The Morgan fingerprint density at radius 1 is 1.17 bits per heavy atom. The molecule has 2 N–H and O–H groups in total. The minimum Gasteiger partial charge on any atom is -0.444 e. The lowest BCUT2D eigenvalue weighted by molar-refractivity contribution is -0.00518. The number of halogens is 2. The summed E-state index contributed by atoms with van der Waals surface area (Å²) in [5.41, 5.74) is 0.379. The number of amides is 1. The Balaban J connectivity index is 2.33. The molecule has 1 atom stereocenters. The number of alkyl halides is 2. The number of carbonyl (C=O) groups excluding carboxylic acids is 1. The molecule has 4 nitrogen and oxygen atoms in total. The van der Waals surface area contributed by atoms with Gasteiger partial charge in [-0.3, -0.25) is 0 Å². The van der Waals surface area contributed by atoms with E-state index in [1.54, 1.807) is 20.8 Å². The molecule has 0 saturated heterocycles. The van der Waals surface area contributed by atoms with Gasteiger partial charge in [0.05, 0.1) is 13.1 Å². The predicted molar refractivity (Wildman–Crippen MR) is 86.8 cm³/mol. The number of hydrogen-bond acceptors (Lipinski definition) is 3. The Morgan fingerprint density at radius 2 is 1.78 bits per heavy atom. The van der Waals surface area contributed by atoms with E-state index in [1.165, 1.54) is 0 Å². The number of alkyl carbamates (subject to hydrolysis) is 1. The first-order valence-electron chi connectivity index (χ1n) is 7.69. The standard InChI is InChI=1S/C17H26F2N2O2/c1-13(10-14-8-6-5-7-9-14)20-11-17(18,19)12-21-15(22)23-16(2,3)4/h5-9,13,20H,10-12H2,1-4H3,(H,21,22). The number of hydrogen-bond donors (Lipinski definition) is 2. The molecule has 1 aromatic carbocycles. The van der Waals surface area contributed by atoms with E-state index in [9.17, 15) is 13.6 Å². The summed E-state index contributed by atoms with van der Waals surface area (Å²) in [6.07, 6.45) is -0.175. The lowest BCUT2D eigenvalue weighted by Gasteiger charge is -2.23. The van der Waals surface area contributed by atoms with Crippen LogP contribution in [0.3, 0.4) is 0 Å². The van der Waals surface area contributed by atoms with Crippen molar-refractivity contribution in [1.29, 1.82) is 0 Å². The third kappa shape index (κ3) is 9.13. The van der Waals surface area contributed by atoms with Gasteiger partial charge in [0, 0.05) is 6.04 Å². The van der Waals surface area contributed by atoms with Crippen LogP contribution >= 0.6 is 0 Å². The van der Waals surface area contributed by atoms with E-state index in [0.29, 0.717) is 6.42 Å². The maximum atomic E-state index is 13.8. The summed E-state index contributed by atoms with van der Waals surface area (Å²) in [7, 11) is 0. The highest BCUT2D eigenvalue weighted by Gasteiger charge is 2.30. The van der Waals surface area contributed by atoms with Crippen LogP contribution in [0.5, 0.6) is 0 Å². The van der Waals surface area contributed by atoms with E-state index in [1.807, 2.05) is 37.3 Å². The van der Waals surface area contributed by atoms with Crippen LogP contribution in [0, 0.1) is 0 Å². The second kappa shape index (κ2) is 8.24. The molecule has 0 heterocycles. The Hall–Kier alpha value is -1.69. The van der Waals surface area contributed by atoms with Gasteiger partial charge < -0.3 is 15.4 Å². The zero-order valence-electron chi connectivity index (χ0n) is 14.2. The normalized spacial score (nSPS) is 13.5. The SMILES string of the molecule is CC(Cc1ccccc1)NCC(F)(F)CNC(=O)OC(C)(C)C. The molecule has 0 spiro atoms. The second-order valence-corrected chi connectivity index (χ2v) is 6.68. The third-order valence-electron chi connectivity index (χ3n) is 2.98. The van der Waals surface area contributed by atoms with Gasteiger partial charge in [-0.1, -0.05) is 30.3 Å². The highest BCUT2D eigenvalue weighted by atomic mass is 19.3. The van der Waals surface area contributed by atoms with Crippen LogP contribution in [0.4, 0.5) is 13.6 Å². The average Bonchev–Trinajstić information content (AvgIpc) is 2.43. The van der Waals surface area contributed by atoms with Gasteiger partial charge in [-0.25, -0.2) is 13.6 Å². The minimum atomic E-state index is -3.04. The maximum Gasteiger partial charge on any atom is 0.407 e. The number of nitrogens with one attached hydrogen (secondary N) is 2. The van der Waals surface area contributed by atoms with Crippen molar-refractivity contribution >= 4 is 6.09 Å². The Labute approximate surface area is 136 Å². The van der Waals surface area contributed by atoms with Crippen molar-refractivity contribution in [2.24, 2.45) is 0 Å². The topological polar surface area (TPSA) is 50.4 Å². The fourth-order valence-electron chi connectivity index (χ4n) is 1.94. The van der Waals surface area contributed by atoms with Crippen LogP contribution in [-0.2, 0) is 11.2 Å². The lowest BCUT2D eigenvalue weighted by atomic mass is 10.1. The molecule has 23 heavy (non-hydrogen) atoms. The summed E-state index contributed by atoms with van der Waals surface area (Å²) in [5, 5.41) is 4.90. The molecule has 1 unspecified atom stereocenters. The summed E-state index contributed by atoms with van der Waals surface area (Å²) < 4.78 is 32.5. The van der Waals surface area contributed by atoms with Crippen molar-refractivity contribution in [3.63, 3.8) is 0 Å². The molecule has 0 aromatic heterocycles. The summed E-state index contributed by atoms with van der Waals surface area (Å²) >= 11 is 0. The number of ether oxygens (including phenoxy) is 1. The van der Waals surface area contributed by atoms with Crippen LogP contribution < -0.4 is 10.6 Å². The molecule has 1 aromatic rings. The molecule has 0 saturated carbocycles. The van der Waals surface area contributed by atoms with Gasteiger partial charge in [-0.2, -0.15) is 0 Å². The highest BCUT2D eigenvalue weighted by Crippen LogP contribution is 2.13. The smallest absolute Gasteiger partial charge is 0.407 e. The quantitative estimate of drug-likeness (QED) is 0.807. The third-order valence-corrected chi connectivity index (χ3v) is 2.98. The molecular weight excluding hydrogens is 302 g/mol. The lowest BCUT2D eigenvalue weighted by Crippen LogP contribution is -2.46. The van der Waals surface area contributed by atoms with Crippen molar-refractivity contribution < 1.29 is 18.3 Å². The van der Waals surface area contributed by atoms with Crippen molar-refractivity contribution in [2.75, 3.05) is 13.1 Å². The fourth-order valence-corrected chi connectivity index (χ4v) is 1.94. The van der Waals surface area contributed by atoms with E-state index in [0.717, 1.165) is 5.56 Å². The molecule has 6 heteroatoms. The van der Waals surface area contributed by atoms with Gasteiger partial charge in [-0.15, -0.1) is 0 Å². The van der Waals surface area contributed by atoms with E-state index in [-0.39, 0.29) is 6.04 Å². The van der Waals surface area contributed by atoms with Crippen LogP contribution in [0.1, 0.15) is 33.3 Å². The summed E-state index contributed by atoms with van der Waals surface area (Å²) in [5.74, 6) is -3.04. The van der Waals surface area contributed by atoms with E-state index in [4.69, 9.17) is 4.74 Å². The number of rotatable bonds is 7.